The molecular formula is C11H14O6. The molecular weight excluding hydrogens is 228 g/mol. The lowest BCUT2D eigenvalue weighted by molar-refractivity contribution is 0.0582. The highest BCUT2D eigenvalue weighted by Gasteiger charge is 2.15. The van der Waals surface area contributed by atoms with E-state index in [0.29, 0.717) is 0 Å². The lowest BCUT2D eigenvalue weighted by Gasteiger charge is -2.02. The Hall–Kier alpha value is -1.92. The van der Waals surface area contributed by atoms with Crippen molar-refractivity contribution in [1.29, 1.82) is 0 Å². The van der Waals surface area contributed by atoms with Crippen molar-refractivity contribution in [3.05, 3.63) is 35.4 Å². The number of carboxylic acids is 1. The van der Waals surface area contributed by atoms with Crippen LogP contribution in [0.15, 0.2) is 24.3 Å². The molecule has 3 N–H and O–H groups in total. The molecule has 0 saturated carbocycles. The van der Waals surface area contributed by atoms with Crippen molar-refractivity contribution in [1.82, 2.24) is 0 Å². The lowest BCUT2D eigenvalue weighted by Crippen LogP contribution is -2.09. The second-order valence-corrected chi connectivity index (χ2v) is 2.79. The maximum atomic E-state index is 11.1. The number of carbonyl (C=O) groups is 2. The summed E-state index contributed by atoms with van der Waals surface area (Å²) >= 11 is 0. The summed E-state index contributed by atoms with van der Waals surface area (Å²) in [6.45, 7) is -0.250. The van der Waals surface area contributed by atoms with Gasteiger partial charge in [-0.2, -0.15) is 0 Å². The van der Waals surface area contributed by atoms with E-state index >= 15 is 0 Å². The molecule has 17 heavy (non-hydrogen) atoms. The number of methoxy groups -OCH3 is 1. The molecule has 0 amide bonds. The smallest absolute Gasteiger partial charge is 0.338 e. The maximum Gasteiger partial charge on any atom is 0.338 e. The van der Waals surface area contributed by atoms with E-state index in [4.69, 9.17) is 15.3 Å². The average molecular weight is 242 g/mol. The third-order valence-corrected chi connectivity index (χ3v) is 1.66. The normalized spacial score (nSPS) is 8.88. The van der Waals surface area contributed by atoms with Crippen LogP contribution in [0.3, 0.4) is 0 Å². The largest absolute Gasteiger partial charge is 0.478 e. The average Bonchev–Trinajstić information content (AvgIpc) is 2.38. The van der Waals surface area contributed by atoms with Gasteiger partial charge in [-0.3, -0.25) is 0 Å². The van der Waals surface area contributed by atoms with E-state index in [1.165, 1.54) is 19.2 Å². The van der Waals surface area contributed by atoms with Crippen LogP contribution in [0.2, 0.25) is 0 Å². The number of carboxylic acid groups (broad SMARTS) is 1. The highest BCUT2D eigenvalue weighted by Crippen LogP contribution is 2.09. The number of aliphatic hydroxyl groups is 2. The summed E-state index contributed by atoms with van der Waals surface area (Å²) < 4.78 is 4.42. The Morgan fingerprint density at radius 3 is 1.94 bits per heavy atom. The van der Waals surface area contributed by atoms with E-state index in [9.17, 15) is 9.59 Å². The van der Waals surface area contributed by atoms with Crippen LogP contribution in [0.1, 0.15) is 20.7 Å². The number of hydrogen-bond donors (Lipinski definition) is 3. The maximum absolute atomic E-state index is 11.1. The molecule has 1 aromatic rings. The van der Waals surface area contributed by atoms with Crippen LogP contribution in [0.25, 0.3) is 0 Å². The molecule has 6 nitrogen and oxygen atoms in total. The van der Waals surface area contributed by atoms with Crippen molar-refractivity contribution in [3.8, 4) is 0 Å². The quantitative estimate of drug-likeness (QED) is 0.651. The molecule has 0 saturated heterocycles. The molecule has 6 heteroatoms. The first-order valence-electron chi connectivity index (χ1n) is 4.70. The molecule has 94 valence electrons. The number of carbonyl (C=O) groups excluding carboxylic acids is 1. The summed E-state index contributed by atoms with van der Waals surface area (Å²) in [6.07, 6.45) is 0. The van der Waals surface area contributed by atoms with Crippen molar-refractivity contribution >= 4 is 11.9 Å². The van der Waals surface area contributed by atoms with Crippen LogP contribution < -0.4 is 0 Å². The second-order valence-electron chi connectivity index (χ2n) is 2.79. The monoisotopic (exact) mass is 242 g/mol. The van der Waals surface area contributed by atoms with Crippen LogP contribution in [-0.2, 0) is 4.74 Å². The van der Waals surface area contributed by atoms with Gasteiger partial charge in [0.2, 0.25) is 0 Å². The predicted octanol–water partition coefficient (Wildman–Crippen LogP) is 0.142. The zero-order chi connectivity index (χ0) is 13.3. The first kappa shape index (κ1) is 15.1. The van der Waals surface area contributed by atoms with Crippen molar-refractivity contribution in [2.75, 3.05) is 20.3 Å². The van der Waals surface area contributed by atoms with Crippen molar-refractivity contribution in [2.45, 2.75) is 0 Å². The summed E-state index contributed by atoms with van der Waals surface area (Å²) in [5.41, 5.74) is 0.0202. The minimum Gasteiger partial charge on any atom is -0.478 e. The molecule has 0 aliphatic rings. The van der Waals surface area contributed by atoms with E-state index in [0.717, 1.165) is 0 Å². The third kappa shape index (κ3) is 5.10. The SMILES string of the molecule is COC(=O)c1ccccc1C(=O)O.OCCO. The van der Waals surface area contributed by atoms with Gasteiger partial charge in [0, 0.05) is 0 Å². The summed E-state index contributed by atoms with van der Waals surface area (Å²) in [5.74, 6) is -1.78. The van der Waals surface area contributed by atoms with E-state index in [2.05, 4.69) is 4.74 Å². The minimum atomic E-state index is -1.14. The number of benzene rings is 1. The molecule has 0 fully saturated rings. The summed E-state index contributed by atoms with van der Waals surface area (Å²) in [4.78, 5) is 21.7. The van der Waals surface area contributed by atoms with Crippen molar-refractivity contribution in [2.24, 2.45) is 0 Å². The predicted molar refractivity (Wildman–Crippen MR) is 58.9 cm³/mol. The van der Waals surface area contributed by atoms with Crippen molar-refractivity contribution < 1.29 is 29.6 Å². The Morgan fingerprint density at radius 1 is 1.12 bits per heavy atom. The highest BCUT2D eigenvalue weighted by molar-refractivity contribution is 6.02. The number of rotatable bonds is 3. The minimum absolute atomic E-state index is 0.0469. The first-order valence-corrected chi connectivity index (χ1v) is 4.70. The Labute approximate surface area is 98.1 Å². The number of aliphatic hydroxyl groups excluding tert-OH is 2. The summed E-state index contributed by atoms with van der Waals surface area (Å²) in [5, 5.41) is 24.0. The molecule has 0 aliphatic carbocycles. The fourth-order valence-corrected chi connectivity index (χ4v) is 0.958. The van der Waals surface area contributed by atoms with E-state index < -0.39 is 11.9 Å². The third-order valence-electron chi connectivity index (χ3n) is 1.66. The van der Waals surface area contributed by atoms with Gasteiger partial charge in [-0.1, -0.05) is 12.1 Å². The Balaban J connectivity index is 0.000000557. The standard InChI is InChI=1S/C9H8O4.C2H6O2/c1-13-9(12)7-5-3-2-4-6(7)8(10)11;3-1-2-4/h2-5H,1H3,(H,10,11);3-4H,1-2H2. The van der Waals surface area contributed by atoms with Gasteiger partial charge >= 0.3 is 11.9 Å². The van der Waals surface area contributed by atoms with Crippen LogP contribution in [0.4, 0.5) is 0 Å². The topological polar surface area (TPSA) is 104 Å². The van der Waals surface area contributed by atoms with E-state index in [1.54, 1.807) is 12.1 Å². The van der Waals surface area contributed by atoms with Gasteiger partial charge in [-0.15, -0.1) is 0 Å². The second kappa shape index (κ2) is 8.26. The van der Waals surface area contributed by atoms with E-state index in [-0.39, 0.29) is 24.3 Å². The van der Waals surface area contributed by atoms with Gasteiger partial charge in [0.25, 0.3) is 0 Å². The van der Waals surface area contributed by atoms with Crippen LogP contribution in [0, 0.1) is 0 Å². The molecule has 0 radical (unpaired) electrons. The van der Waals surface area contributed by atoms with Crippen molar-refractivity contribution in [3.63, 3.8) is 0 Å². The molecule has 1 rings (SSSR count). The number of esters is 1. The molecule has 0 atom stereocenters. The van der Waals surface area contributed by atoms with Gasteiger partial charge < -0.3 is 20.1 Å². The lowest BCUT2D eigenvalue weighted by atomic mass is 10.1. The van der Waals surface area contributed by atoms with Gasteiger partial charge in [0.15, 0.2) is 0 Å². The molecule has 0 aliphatic heterocycles. The molecule has 1 aromatic carbocycles. The number of ether oxygens (including phenoxy) is 1. The van der Waals surface area contributed by atoms with Gasteiger partial charge in [0.05, 0.1) is 31.5 Å². The number of aromatic carboxylic acids is 1. The molecule has 0 heterocycles. The fraction of sp³-hybridized carbons (Fsp3) is 0.273. The zero-order valence-electron chi connectivity index (χ0n) is 9.29. The van der Waals surface area contributed by atoms with Crippen LogP contribution in [-0.4, -0.2) is 47.6 Å². The fourth-order valence-electron chi connectivity index (χ4n) is 0.958. The summed E-state index contributed by atoms with van der Waals surface area (Å²) in [7, 11) is 1.21. The van der Waals surface area contributed by atoms with Gasteiger partial charge in [-0.05, 0) is 12.1 Å². The molecule has 0 unspecified atom stereocenters. The summed E-state index contributed by atoms with van der Waals surface area (Å²) in [6, 6.07) is 5.90. The Morgan fingerprint density at radius 2 is 1.59 bits per heavy atom. The molecule has 0 spiro atoms. The van der Waals surface area contributed by atoms with E-state index in [1.807, 2.05) is 0 Å². The van der Waals surface area contributed by atoms with Crippen LogP contribution in [0.5, 0.6) is 0 Å². The first-order chi connectivity index (χ1) is 8.08. The molecule has 0 bridgehead atoms. The Kier molecular flexibility index (Phi) is 7.32. The van der Waals surface area contributed by atoms with Gasteiger partial charge in [0.1, 0.15) is 0 Å². The zero-order valence-corrected chi connectivity index (χ0v) is 9.29. The Bertz CT molecular complexity index is 372. The highest BCUT2D eigenvalue weighted by atomic mass is 16.5. The van der Waals surface area contributed by atoms with Crippen LogP contribution >= 0.6 is 0 Å². The number of hydrogen-bond acceptors (Lipinski definition) is 5. The van der Waals surface area contributed by atoms with Gasteiger partial charge in [-0.25, -0.2) is 9.59 Å². The molecule has 0 aromatic heterocycles.